The standard InChI is InChI=1S/C23H32N4/c1-8-9-10-24-18(6)20-13-17(5)25-23-21(20)19(7)26-27(23)22-15(3)11-14(2)12-16(22)4/h11-13,18,24H,8-10H2,1-7H3. The molecule has 1 atom stereocenters. The molecule has 0 saturated heterocycles. The van der Waals surface area contributed by atoms with Gasteiger partial charge in [-0.15, -0.1) is 0 Å². The van der Waals surface area contributed by atoms with Gasteiger partial charge in [0.2, 0.25) is 0 Å². The van der Waals surface area contributed by atoms with Gasteiger partial charge in [0.1, 0.15) is 0 Å². The summed E-state index contributed by atoms with van der Waals surface area (Å²) in [6.45, 7) is 16.1. The molecule has 0 spiro atoms. The van der Waals surface area contributed by atoms with Crippen LogP contribution in [0.2, 0.25) is 0 Å². The largest absolute Gasteiger partial charge is 0.310 e. The van der Waals surface area contributed by atoms with E-state index in [1.165, 1.54) is 40.5 Å². The van der Waals surface area contributed by atoms with Crippen LogP contribution >= 0.6 is 0 Å². The van der Waals surface area contributed by atoms with Gasteiger partial charge in [0, 0.05) is 17.1 Å². The third-order valence-electron chi connectivity index (χ3n) is 5.27. The lowest BCUT2D eigenvalue weighted by Crippen LogP contribution is -2.20. The van der Waals surface area contributed by atoms with E-state index in [-0.39, 0.29) is 6.04 Å². The van der Waals surface area contributed by atoms with Gasteiger partial charge in [-0.05, 0) is 77.3 Å². The molecule has 4 nitrogen and oxygen atoms in total. The van der Waals surface area contributed by atoms with Gasteiger partial charge in [-0.2, -0.15) is 5.10 Å². The van der Waals surface area contributed by atoms with Crippen molar-refractivity contribution in [1.29, 1.82) is 0 Å². The third-order valence-corrected chi connectivity index (χ3v) is 5.27. The average Bonchev–Trinajstić information content (AvgIpc) is 2.90. The smallest absolute Gasteiger partial charge is 0.163 e. The van der Waals surface area contributed by atoms with Crippen LogP contribution in [-0.2, 0) is 0 Å². The summed E-state index contributed by atoms with van der Waals surface area (Å²) in [4.78, 5) is 4.89. The highest BCUT2D eigenvalue weighted by molar-refractivity contribution is 5.84. The Morgan fingerprint density at radius 3 is 2.33 bits per heavy atom. The number of hydrogen-bond acceptors (Lipinski definition) is 3. The molecular formula is C23H32N4. The van der Waals surface area contributed by atoms with Crippen molar-refractivity contribution in [1.82, 2.24) is 20.1 Å². The lowest BCUT2D eigenvalue weighted by atomic mass is 10.0. The molecule has 0 aliphatic rings. The molecule has 0 amide bonds. The molecule has 3 rings (SSSR count). The predicted octanol–water partition coefficient (Wildman–Crippen LogP) is 5.41. The van der Waals surface area contributed by atoms with Crippen LogP contribution in [0.25, 0.3) is 16.7 Å². The van der Waals surface area contributed by atoms with Gasteiger partial charge in [-0.25, -0.2) is 9.67 Å². The Labute approximate surface area is 163 Å². The minimum Gasteiger partial charge on any atom is -0.310 e. The fourth-order valence-electron chi connectivity index (χ4n) is 4.06. The molecule has 1 unspecified atom stereocenters. The van der Waals surface area contributed by atoms with Gasteiger partial charge in [-0.3, -0.25) is 0 Å². The van der Waals surface area contributed by atoms with Gasteiger partial charge in [0.05, 0.1) is 11.4 Å². The highest BCUT2D eigenvalue weighted by Gasteiger charge is 2.20. The lowest BCUT2D eigenvalue weighted by molar-refractivity contribution is 0.556. The van der Waals surface area contributed by atoms with E-state index in [9.17, 15) is 0 Å². The summed E-state index contributed by atoms with van der Waals surface area (Å²) in [5.74, 6) is 0. The van der Waals surface area contributed by atoms with Crippen LogP contribution in [0.1, 0.15) is 66.4 Å². The molecular weight excluding hydrogens is 332 g/mol. The monoisotopic (exact) mass is 364 g/mol. The summed E-state index contributed by atoms with van der Waals surface area (Å²) in [6, 6.07) is 6.92. The SMILES string of the molecule is CCCCNC(C)c1cc(C)nc2c1c(C)nn2-c1c(C)cc(C)cc1C. The Morgan fingerprint density at radius 1 is 1.04 bits per heavy atom. The van der Waals surface area contributed by atoms with E-state index < -0.39 is 0 Å². The molecule has 2 aromatic heterocycles. The lowest BCUT2D eigenvalue weighted by Gasteiger charge is -2.17. The fraction of sp³-hybridized carbons (Fsp3) is 0.478. The molecule has 2 heterocycles. The number of aromatic nitrogens is 3. The molecule has 0 bridgehead atoms. The predicted molar refractivity (Wildman–Crippen MR) is 114 cm³/mol. The van der Waals surface area contributed by atoms with Gasteiger partial charge in [-0.1, -0.05) is 31.0 Å². The number of fused-ring (bicyclic) bond motifs is 1. The Bertz CT molecular complexity index is 945. The molecule has 0 aliphatic heterocycles. The molecule has 0 fully saturated rings. The molecule has 4 heteroatoms. The van der Waals surface area contributed by atoms with Crippen molar-refractivity contribution >= 4 is 11.0 Å². The minimum absolute atomic E-state index is 0.275. The number of nitrogens with one attached hydrogen (secondary N) is 1. The molecule has 1 aromatic carbocycles. The van der Waals surface area contributed by atoms with Crippen LogP contribution in [0.15, 0.2) is 18.2 Å². The van der Waals surface area contributed by atoms with Crippen molar-refractivity contribution in [2.45, 2.75) is 67.3 Å². The van der Waals surface area contributed by atoms with E-state index in [4.69, 9.17) is 10.1 Å². The first-order valence-electron chi connectivity index (χ1n) is 10.0. The number of pyridine rings is 1. The highest BCUT2D eigenvalue weighted by Crippen LogP contribution is 2.31. The molecule has 0 aliphatic carbocycles. The maximum Gasteiger partial charge on any atom is 0.163 e. The van der Waals surface area contributed by atoms with Gasteiger partial charge in [0.25, 0.3) is 0 Å². The molecule has 144 valence electrons. The first-order chi connectivity index (χ1) is 12.8. The summed E-state index contributed by atoms with van der Waals surface area (Å²) >= 11 is 0. The van der Waals surface area contributed by atoms with Crippen LogP contribution in [0.5, 0.6) is 0 Å². The summed E-state index contributed by atoms with van der Waals surface area (Å²) in [7, 11) is 0. The second-order valence-corrected chi connectivity index (χ2v) is 7.83. The maximum absolute atomic E-state index is 4.92. The van der Waals surface area contributed by atoms with Gasteiger partial charge in [0.15, 0.2) is 5.65 Å². The van der Waals surface area contributed by atoms with Crippen molar-refractivity contribution < 1.29 is 0 Å². The number of rotatable bonds is 6. The second-order valence-electron chi connectivity index (χ2n) is 7.83. The van der Waals surface area contributed by atoms with Crippen molar-refractivity contribution in [3.8, 4) is 5.69 Å². The fourth-order valence-corrected chi connectivity index (χ4v) is 4.06. The van der Waals surface area contributed by atoms with Gasteiger partial charge >= 0.3 is 0 Å². The Balaban J connectivity index is 2.19. The van der Waals surface area contributed by atoms with Crippen LogP contribution in [0, 0.1) is 34.6 Å². The second kappa shape index (κ2) is 7.81. The molecule has 0 saturated carbocycles. The number of hydrogen-bond donors (Lipinski definition) is 1. The molecule has 3 aromatic rings. The van der Waals surface area contributed by atoms with Crippen molar-refractivity contribution in [3.05, 3.63) is 51.8 Å². The van der Waals surface area contributed by atoms with E-state index in [1.807, 2.05) is 4.68 Å². The van der Waals surface area contributed by atoms with E-state index in [1.54, 1.807) is 0 Å². The van der Waals surface area contributed by atoms with E-state index >= 15 is 0 Å². The van der Waals surface area contributed by atoms with Crippen molar-refractivity contribution in [2.75, 3.05) is 6.54 Å². The van der Waals surface area contributed by atoms with Crippen LogP contribution in [-0.4, -0.2) is 21.3 Å². The molecule has 0 radical (unpaired) electrons. The third kappa shape index (κ3) is 3.77. The van der Waals surface area contributed by atoms with Crippen LogP contribution < -0.4 is 5.32 Å². The van der Waals surface area contributed by atoms with Crippen molar-refractivity contribution in [3.63, 3.8) is 0 Å². The quantitative estimate of drug-likeness (QED) is 0.594. The molecule has 1 N–H and O–H groups in total. The Morgan fingerprint density at radius 2 is 1.70 bits per heavy atom. The zero-order chi connectivity index (χ0) is 19.7. The summed E-state index contributed by atoms with van der Waals surface area (Å²) in [5.41, 5.74) is 9.21. The first-order valence-corrected chi connectivity index (χ1v) is 10.0. The zero-order valence-electron chi connectivity index (χ0n) is 17.8. The number of unbranched alkanes of at least 4 members (excludes halogenated alkanes) is 1. The zero-order valence-corrected chi connectivity index (χ0v) is 17.8. The van der Waals surface area contributed by atoms with Gasteiger partial charge < -0.3 is 5.32 Å². The average molecular weight is 365 g/mol. The Kier molecular flexibility index (Phi) is 5.66. The summed E-state index contributed by atoms with van der Waals surface area (Å²) in [6.07, 6.45) is 2.39. The summed E-state index contributed by atoms with van der Waals surface area (Å²) < 4.78 is 2.05. The number of benzene rings is 1. The molecule has 27 heavy (non-hydrogen) atoms. The Hall–Kier alpha value is -2.20. The summed E-state index contributed by atoms with van der Waals surface area (Å²) in [5, 5.41) is 9.76. The van der Waals surface area contributed by atoms with Crippen molar-refractivity contribution in [2.24, 2.45) is 0 Å². The van der Waals surface area contributed by atoms with Crippen LogP contribution in [0.3, 0.4) is 0 Å². The topological polar surface area (TPSA) is 42.7 Å². The first kappa shape index (κ1) is 19.6. The highest BCUT2D eigenvalue weighted by atomic mass is 15.3. The van der Waals surface area contributed by atoms with E-state index in [0.29, 0.717) is 0 Å². The van der Waals surface area contributed by atoms with E-state index in [0.717, 1.165) is 29.3 Å². The minimum atomic E-state index is 0.275. The van der Waals surface area contributed by atoms with E-state index in [2.05, 4.69) is 72.0 Å². The normalized spacial score (nSPS) is 12.7. The number of nitrogens with zero attached hydrogens (tertiary/aromatic N) is 3. The number of aryl methyl sites for hydroxylation is 5. The maximum atomic E-state index is 4.92. The van der Waals surface area contributed by atoms with Crippen LogP contribution in [0.4, 0.5) is 0 Å².